The van der Waals surface area contributed by atoms with E-state index in [2.05, 4.69) is 31.7 Å². The van der Waals surface area contributed by atoms with Gasteiger partial charge in [-0.1, -0.05) is 15.9 Å². The molecule has 0 aromatic heterocycles. The van der Waals surface area contributed by atoms with E-state index in [9.17, 15) is 4.39 Å². The Morgan fingerprint density at radius 1 is 1.60 bits per heavy atom. The van der Waals surface area contributed by atoms with Crippen LogP contribution in [0.25, 0.3) is 0 Å². The van der Waals surface area contributed by atoms with Crippen molar-refractivity contribution in [1.82, 2.24) is 5.43 Å². The smallest absolute Gasteiger partial charge is 0.210 e. The summed E-state index contributed by atoms with van der Waals surface area (Å²) in [5.74, 6) is 5.17. The average molecular weight is 275 g/mol. The summed E-state index contributed by atoms with van der Waals surface area (Å²) in [5, 5.41) is 2.74. The predicted octanol–water partition coefficient (Wildman–Crippen LogP) is 1.84. The Hall–Kier alpha value is -1.14. The molecule has 0 unspecified atom stereocenters. The fraction of sp³-hybridized carbons (Fsp3) is 0.222. The Morgan fingerprint density at radius 2 is 2.33 bits per heavy atom. The van der Waals surface area contributed by atoms with E-state index in [0.717, 1.165) is 0 Å². The summed E-state index contributed by atoms with van der Waals surface area (Å²) in [4.78, 5) is 3.99. The Bertz CT molecular complexity index is 367. The Morgan fingerprint density at radius 3 is 2.87 bits per heavy atom. The summed E-state index contributed by atoms with van der Waals surface area (Å²) in [5.41, 5.74) is 2.68. The second-order valence-electron chi connectivity index (χ2n) is 2.72. The maximum Gasteiger partial charge on any atom is 0.210 e. The number of hydrazine groups is 1. The third-order valence-corrected chi connectivity index (χ3v) is 2.13. The third-order valence-electron chi connectivity index (χ3n) is 1.64. The molecule has 0 radical (unpaired) electrons. The van der Waals surface area contributed by atoms with Gasteiger partial charge in [0.05, 0.1) is 5.69 Å². The standard InChI is InChI=1S/C9H12BrFN4/c1-2-13-9(15-12)14-8-4-3-6(10)5-7(8)11/h3-5H,2,12H2,1H3,(H2,13,14,15). The summed E-state index contributed by atoms with van der Waals surface area (Å²) < 4.78 is 14.1. The van der Waals surface area contributed by atoms with Gasteiger partial charge in [0.2, 0.25) is 5.96 Å². The first-order chi connectivity index (χ1) is 7.17. The Balaban J connectivity index is 2.84. The highest BCUT2D eigenvalue weighted by atomic mass is 79.9. The highest BCUT2D eigenvalue weighted by Gasteiger charge is 2.04. The first-order valence-corrected chi connectivity index (χ1v) is 5.19. The lowest BCUT2D eigenvalue weighted by Crippen LogP contribution is -2.36. The number of rotatable bonds is 2. The van der Waals surface area contributed by atoms with Crippen molar-refractivity contribution in [3.8, 4) is 0 Å². The molecule has 0 saturated carbocycles. The number of halogens is 2. The van der Waals surface area contributed by atoms with Crippen LogP contribution in [0.1, 0.15) is 6.92 Å². The molecular weight excluding hydrogens is 263 g/mol. The molecular formula is C9H12BrFN4. The molecule has 1 aromatic carbocycles. The minimum Gasteiger partial charge on any atom is -0.323 e. The summed E-state index contributed by atoms with van der Waals surface area (Å²) in [7, 11) is 0. The highest BCUT2D eigenvalue weighted by Crippen LogP contribution is 2.18. The predicted molar refractivity (Wildman–Crippen MR) is 63.0 cm³/mol. The van der Waals surface area contributed by atoms with Crippen LogP contribution < -0.4 is 16.6 Å². The number of nitrogens with zero attached hydrogens (tertiary/aromatic N) is 1. The first-order valence-electron chi connectivity index (χ1n) is 4.40. The van der Waals surface area contributed by atoms with Crippen LogP contribution in [0.15, 0.2) is 27.7 Å². The van der Waals surface area contributed by atoms with Gasteiger partial charge < -0.3 is 5.32 Å². The molecule has 0 spiro atoms. The number of aliphatic imine (C=N–C) groups is 1. The monoisotopic (exact) mass is 274 g/mol. The van der Waals surface area contributed by atoms with Crippen LogP contribution in [0.3, 0.4) is 0 Å². The second kappa shape index (κ2) is 5.67. The van der Waals surface area contributed by atoms with E-state index in [1.807, 2.05) is 6.92 Å². The van der Waals surface area contributed by atoms with Crippen LogP contribution in [-0.4, -0.2) is 12.5 Å². The van der Waals surface area contributed by atoms with Gasteiger partial charge in [-0.05, 0) is 25.1 Å². The summed E-state index contributed by atoms with van der Waals surface area (Å²) >= 11 is 3.17. The fourth-order valence-corrected chi connectivity index (χ4v) is 1.33. The molecule has 4 N–H and O–H groups in total. The van der Waals surface area contributed by atoms with E-state index in [1.54, 1.807) is 12.1 Å². The van der Waals surface area contributed by atoms with Crippen molar-refractivity contribution < 1.29 is 4.39 Å². The molecule has 15 heavy (non-hydrogen) atoms. The van der Waals surface area contributed by atoms with Crippen molar-refractivity contribution in [3.05, 3.63) is 28.5 Å². The zero-order valence-corrected chi connectivity index (χ0v) is 9.81. The van der Waals surface area contributed by atoms with Gasteiger partial charge in [-0.3, -0.25) is 10.4 Å². The maximum absolute atomic E-state index is 13.4. The van der Waals surface area contributed by atoms with E-state index in [4.69, 9.17) is 5.84 Å². The minimum absolute atomic E-state index is 0.323. The molecule has 82 valence electrons. The number of nitrogens with two attached hydrogens (primary N) is 1. The van der Waals surface area contributed by atoms with Crippen LogP contribution in [0.2, 0.25) is 0 Å². The first kappa shape index (κ1) is 11.9. The summed E-state index contributed by atoms with van der Waals surface area (Å²) in [6.07, 6.45) is 0. The molecule has 0 aliphatic carbocycles. The molecule has 0 bridgehead atoms. The minimum atomic E-state index is -0.372. The molecule has 0 atom stereocenters. The topological polar surface area (TPSA) is 62.4 Å². The molecule has 0 aliphatic heterocycles. The largest absolute Gasteiger partial charge is 0.323 e. The Kier molecular flexibility index (Phi) is 4.51. The molecule has 1 aromatic rings. The van der Waals surface area contributed by atoms with Crippen molar-refractivity contribution in [2.45, 2.75) is 6.92 Å². The van der Waals surface area contributed by atoms with Crippen LogP contribution in [-0.2, 0) is 0 Å². The quantitative estimate of drug-likeness (QED) is 0.334. The van der Waals surface area contributed by atoms with Gasteiger partial charge in [-0.25, -0.2) is 10.2 Å². The molecule has 1 rings (SSSR count). The van der Waals surface area contributed by atoms with Gasteiger partial charge in [0.1, 0.15) is 5.82 Å². The Labute approximate surface area is 95.9 Å². The number of guanidine groups is 1. The van der Waals surface area contributed by atoms with Crippen molar-refractivity contribution >= 4 is 27.6 Å². The summed E-state index contributed by atoms with van der Waals surface area (Å²) in [6.45, 7) is 2.42. The molecule has 0 saturated heterocycles. The third kappa shape index (κ3) is 3.49. The number of hydrogen-bond donors (Lipinski definition) is 3. The molecule has 0 heterocycles. The van der Waals surface area contributed by atoms with Gasteiger partial charge in [-0.15, -0.1) is 0 Å². The van der Waals surface area contributed by atoms with E-state index < -0.39 is 0 Å². The van der Waals surface area contributed by atoms with E-state index in [-0.39, 0.29) is 5.82 Å². The molecule has 6 heteroatoms. The van der Waals surface area contributed by atoms with Gasteiger partial charge in [0.25, 0.3) is 0 Å². The molecule has 0 fully saturated rings. The summed E-state index contributed by atoms with van der Waals surface area (Å²) in [6, 6.07) is 4.69. The van der Waals surface area contributed by atoms with Gasteiger partial charge in [-0.2, -0.15) is 0 Å². The maximum atomic E-state index is 13.4. The lowest BCUT2D eigenvalue weighted by Gasteiger charge is -2.09. The van der Waals surface area contributed by atoms with E-state index in [0.29, 0.717) is 22.7 Å². The average Bonchev–Trinajstić information content (AvgIpc) is 2.21. The van der Waals surface area contributed by atoms with Gasteiger partial charge in [0.15, 0.2) is 0 Å². The number of benzene rings is 1. The van der Waals surface area contributed by atoms with Crippen LogP contribution >= 0.6 is 15.9 Å². The van der Waals surface area contributed by atoms with Gasteiger partial charge in [0, 0.05) is 11.0 Å². The lowest BCUT2D eigenvalue weighted by atomic mass is 10.3. The van der Waals surface area contributed by atoms with Gasteiger partial charge >= 0.3 is 0 Å². The van der Waals surface area contributed by atoms with Crippen LogP contribution in [0.4, 0.5) is 10.1 Å². The molecule has 0 aliphatic rings. The van der Waals surface area contributed by atoms with E-state index in [1.165, 1.54) is 6.07 Å². The lowest BCUT2D eigenvalue weighted by molar-refractivity contribution is 0.631. The number of anilines is 1. The number of nitrogens with one attached hydrogen (secondary N) is 2. The fourth-order valence-electron chi connectivity index (χ4n) is 0.998. The normalized spacial score (nSPS) is 11.3. The molecule has 0 amide bonds. The SMILES string of the molecule is CCN=C(NN)Nc1ccc(Br)cc1F. The van der Waals surface area contributed by atoms with Crippen molar-refractivity contribution in [2.24, 2.45) is 10.8 Å². The van der Waals surface area contributed by atoms with Crippen molar-refractivity contribution in [3.63, 3.8) is 0 Å². The second-order valence-corrected chi connectivity index (χ2v) is 3.63. The van der Waals surface area contributed by atoms with Crippen LogP contribution in [0, 0.1) is 5.82 Å². The van der Waals surface area contributed by atoms with Crippen molar-refractivity contribution in [1.29, 1.82) is 0 Å². The number of hydrogen-bond acceptors (Lipinski definition) is 2. The van der Waals surface area contributed by atoms with Crippen molar-refractivity contribution in [2.75, 3.05) is 11.9 Å². The van der Waals surface area contributed by atoms with E-state index >= 15 is 0 Å². The van der Waals surface area contributed by atoms with Crippen LogP contribution in [0.5, 0.6) is 0 Å². The zero-order chi connectivity index (χ0) is 11.3. The molecule has 4 nitrogen and oxygen atoms in total. The zero-order valence-electron chi connectivity index (χ0n) is 8.22. The highest BCUT2D eigenvalue weighted by molar-refractivity contribution is 9.10.